The average molecular weight is 578 g/mol. The fourth-order valence-corrected chi connectivity index (χ4v) is 4.17. The van der Waals surface area contributed by atoms with E-state index in [4.69, 9.17) is 4.74 Å². The highest BCUT2D eigenvalue weighted by Crippen LogP contribution is 2.31. The maximum atomic E-state index is 13.1. The van der Waals surface area contributed by atoms with Crippen LogP contribution < -0.4 is 4.74 Å². The zero-order chi connectivity index (χ0) is 26.7. The van der Waals surface area contributed by atoms with Crippen LogP contribution in [0.4, 0.5) is 13.2 Å². The lowest BCUT2D eigenvalue weighted by molar-refractivity contribution is -0.137. The third-order valence-electron chi connectivity index (χ3n) is 5.82. The van der Waals surface area contributed by atoms with E-state index in [2.05, 4.69) is 26.2 Å². The quantitative estimate of drug-likeness (QED) is 0.147. The van der Waals surface area contributed by atoms with Gasteiger partial charge in [-0.1, -0.05) is 57.5 Å². The van der Waals surface area contributed by atoms with Crippen LogP contribution in [0.3, 0.4) is 0 Å². The van der Waals surface area contributed by atoms with E-state index in [0.29, 0.717) is 17.0 Å². The fourth-order valence-electron chi connectivity index (χ4n) is 3.91. The lowest BCUT2D eigenvalue weighted by atomic mass is 10.0. The summed E-state index contributed by atoms with van der Waals surface area (Å²) in [5.41, 5.74) is 1.17. The standard InChI is InChI=1S/C29H19BrF3N3O2/c30-22-11-8-20(9-12-22)27(37)14-13-26-25-7-2-1-4-19(25)10-15-28(26)38-18-23-17-36(35-34-23)24-6-3-5-21(16-24)29(31,32)33/h1-17H,18H2/b14-13+. The van der Waals surface area contributed by atoms with Gasteiger partial charge in [-0.3, -0.25) is 4.79 Å². The number of carbonyl (C=O) groups excluding carboxylic acids is 1. The zero-order valence-corrected chi connectivity index (χ0v) is 21.3. The number of halogens is 4. The van der Waals surface area contributed by atoms with Crippen molar-refractivity contribution in [1.82, 2.24) is 15.0 Å². The summed E-state index contributed by atoms with van der Waals surface area (Å²) in [5, 5.41) is 9.87. The molecule has 0 unspecified atom stereocenters. The maximum absolute atomic E-state index is 13.1. The lowest BCUT2D eigenvalue weighted by Gasteiger charge is -2.11. The summed E-state index contributed by atoms with van der Waals surface area (Å²) in [6.07, 6.45) is 0.285. The first-order chi connectivity index (χ1) is 18.3. The van der Waals surface area contributed by atoms with Gasteiger partial charge in [-0.25, -0.2) is 4.68 Å². The second kappa shape index (κ2) is 10.6. The number of nitrogens with zero attached hydrogens (tertiary/aromatic N) is 3. The minimum absolute atomic E-state index is 0.0266. The Kier molecular flexibility index (Phi) is 7.11. The summed E-state index contributed by atoms with van der Waals surface area (Å²) in [6, 6.07) is 23.4. The monoisotopic (exact) mass is 577 g/mol. The minimum Gasteiger partial charge on any atom is -0.487 e. The molecule has 0 radical (unpaired) electrons. The van der Waals surface area contributed by atoms with Gasteiger partial charge in [0.25, 0.3) is 0 Å². The Morgan fingerprint density at radius 1 is 0.974 bits per heavy atom. The fraction of sp³-hybridized carbons (Fsp3) is 0.0690. The molecule has 1 aromatic heterocycles. The first kappa shape index (κ1) is 25.4. The molecular weight excluding hydrogens is 559 g/mol. The van der Waals surface area contributed by atoms with Gasteiger partial charge < -0.3 is 4.74 Å². The number of alkyl halides is 3. The molecule has 0 saturated heterocycles. The van der Waals surface area contributed by atoms with E-state index < -0.39 is 11.7 Å². The van der Waals surface area contributed by atoms with Crippen LogP contribution in [0.2, 0.25) is 0 Å². The number of benzene rings is 4. The second-order valence-electron chi connectivity index (χ2n) is 8.39. The molecule has 0 aliphatic heterocycles. The molecule has 0 spiro atoms. The number of ketones is 1. The molecule has 0 N–H and O–H groups in total. The molecule has 5 aromatic rings. The summed E-state index contributed by atoms with van der Waals surface area (Å²) in [6.45, 7) is 0.0266. The molecule has 9 heteroatoms. The van der Waals surface area contributed by atoms with E-state index in [9.17, 15) is 18.0 Å². The van der Waals surface area contributed by atoms with Crippen molar-refractivity contribution in [2.24, 2.45) is 0 Å². The van der Waals surface area contributed by atoms with Crippen molar-refractivity contribution >= 4 is 38.6 Å². The number of carbonyl (C=O) groups is 1. The van der Waals surface area contributed by atoms with Crippen molar-refractivity contribution in [3.63, 3.8) is 0 Å². The predicted octanol–water partition coefficient (Wildman–Crippen LogP) is 7.68. The van der Waals surface area contributed by atoms with Crippen LogP contribution in [-0.4, -0.2) is 20.8 Å². The van der Waals surface area contributed by atoms with Crippen molar-refractivity contribution < 1.29 is 22.7 Å². The van der Waals surface area contributed by atoms with E-state index in [-0.39, 0.29) is 18.1 Å². The summed E-state index contributed by atoms with van der Waals surface area (Å²) in [7, 11) is 0. The lowest BCUT2D eigenvalue weighted by Crippen LogP contribution is -2.06. The Bertz CT molecular complexity index is 1640. The van der Waals surface area contributed by atoms with E-state index in [1.165, 1.54) is 29.1 Å². The van der Waals surface area contributed by atoms with Gasteiger partial charge in [-0.05, 0) is 71.5 Å². The highest BCUT2D eigenvalue weighted by atomic mass is 79.9. The molecule has 0 aliphatic rings. The van der Waals surface area contributed by atoms with Crippen LogP contribution in [0.25, 0.3) is 22.5 Å². The van der Waals surface area contributed by atoms with E-state index in [1.807, 2.05) is 36.4 Å². The number of allylic oxidation sites excluding steroid dienone is 1. The molecule has 190 valence electrons. The number of hydrogen-bond acceptors (Lipinski definition) is 4. The molecule has 4 aromatic carbocycles. The smallest absolute Gasteiger partial charge is 0.416 e. The Labute approximate surface area is 224 Å². The molecule has 5 nitrogen and oxygen atoms in total. The second-order valence-corrected chi connectivity index (χ2v) is 9.31. The topological polar surface area (TPSA) is 57.0 Å². The third-order valence-corrected chi connectivity index (χ3v) is 6.34. The Morgan fingerprint density at radius 2 is 1.76 bits per heavy atom. The van der Waals surface area contributed by atoms with Gasteiger partial charge in [-0.15, -0.1) is 5.10 Å². The van der Waals surface area contributed by atoms with Crippen molar-refractivity contribution in [1.29, 1.82) is 0 Å². The summed E-state index contributed by atoms with van der Waals surface area (Å²) < 4.78 is 47.4. The minimum atomic E-state index is -4.46. The highest BCUT2D eigenvalue weighted by molar-refractivity contribution is 9.10. The molecule has 0 saturated carbocycles. The molecule has 0 atom stereocenters. The van der Waals surface area contributed by atoms with Crippen LogP contribution in [0.1, 0.15) is 27.2 Å². The Balaban J connectivity index is 1.39. The third kappa shape index (κ3) is 5.68. The molecular formula is C29H19BrF3N3O2. The van der Waals surface area contributed by atoms with Crippen molar-refractivity contribution in [2.75, 3.05) is 0 Å². The van der Waals surface area contributed by atoms with Gasteiger partial charge in [0.2, 0.25) is 0 Å². The van der Waals surface area contributed by atoms with Gasteiger partial charge in [0.05, 0.1) is 17.4 Å². The average Bonchev–Trinajstić information content (AvgIpc) is 3.40. The van der Waals surface area contributed by atoms with Crippen LogP contribution in [0.5, 0.6) is 5.75 Å². The van der Waals surface area contributed by atoms with Gasteiger partial charge in [0.1, 0.15) is 18.1 Å². The Hall–Kier alpha value is -4.24. The first-order valence-corrected chi connectivity index (χ1v) is 12.3. The Morgan fingerprint density at radius 3 is 2.55 bits per heavy atom. The molecule has 0 aliphatic carbocycles. The van der Waals surface area contributed by atoms with Gasteiger partial charge in [0.15, 0.2) is 5.78 Å². The first-order valence-electron chi connectivity index (χ1n) is 11.5. The molecule has 0 fully saturated rings. The number of fused-ring (bicyclic) bond motifs is 1. The van der Waals surface area contributed by atoms with Crippen LogP contribution in [0.15, 0.2) is 102 Å². The van der Waals surface area contributed by atoms with Crippen LogP contribution in [0, 0.1) is 0 Å². The molecule has 0 bridgehead atoms. The van der Waals surface area contributed by atoms with Crippen molar-refractivity contribution in [3.05, 3.63) is 124 Å². The van der Waals surface area contributed by atoms with E-state index in [1.54, 1.807) is 30.3 Å². The molecule has 1 heterocycles. The van der Waals surface area contributed by atoms with Crippen molar-refractivity contribution in [2.45, 2.75) is 12.8 Å². The van der Waals surface area contributed by atoms with Crippen LogP contribution >= 0.6 is 15.9 Å². The largest absolute Gasteiger partial charge is 0.487 e. The van der Waals surface area contributed by atoms with E-state index >= 15 is 0 Å². The molecule has 0 amide bonds. The number of hydrogen-bond donors (Lipinski definition) is 0. The van der Waals surface area contributed by atoms with E-state index in [0.717, 1.165) is 32.9 Å². The SMILES string of the molecule is O=C(/C=C/c1c(OCc2cn(-c3cccc(C(F)(F)F)c3)nn2)ccc2ccccc12)c1ccc(Br)cc1. The maximum Gasteiger partial charge on any atom is 0.416 e. The van der Waals surface area contributed by atoms with Gasteiger partial charge >= 0.3 is 6.18 Å². The summed E-state index contributed by atoms with van der Waals surface area (Å²) in [4.78, 5) is 12.7. The van der Waals surface area contributed by atoms with Gasteiger partial charge in [0, 0.05) is 15.6 Å². The van der Waals surface area contributed by atoms with Crippen LogP contribution in [-0.2, 0) is 12.8 Å². The molecule has 5 rings (SSSR count). The normalized spacial score (nSPS) is 11.8. The summed E-state index contributed by atoms with van der Waals surface area (Å²) >= 11 is 3.37. The van der Waals surface area contributed by atoms with Crippen molar-refractivity contribution in [3.8, 4) is 11.4 Å². The summed E-state index contributed by atoms with van der Waals surface area (Å²) in [5.74, 6) is 0.373. The number of rotatable bonds is 7. The number of aromatic nitrogens is 3. The predicted molar refractivity (Wildman–Crippen MR) is 142 cm³/mol. The van der Waals surface area contributed by atoms with Gasteiger partial charge in [-0.2, -0.15) is 13.2 Å². The highest BCUT2D eigenvalue weighted by Gasteiger charge is 2.30. The number of ether oxygens (including phenoxy) is 1. The zero-order valence-electron chi connectivity index (χ0n) is 19.7. The molecule has 38 heavy (non-hydrogen) atoms.